The average Bonchev–Trinajstić information content (AvgIpc) is 3.26. The van der Waals surface area contributed by atoms with Crippen molar-refractivity contribution in [3.8, 4) is 11.3 Å². The Hall–Kier alpha value is -2.63. The first kappa shape index (κ1) is 21.2. The molecule has 0 aliphatic carbocycles. The van der Waals surface area contributed by atoms with Gasteiger partial charge in [0.1, 0.15) is 0 Å². The molecule has 2 heterocycles. The highest BCUT2D eigenvalue weighted by atomic mass is 79.9. The SMILES string of the molecule is CN(CCCN1c2ccccc2CCc2ccccc21)c1nc(-c2ccc(Br)cc2)cs1. The molecule has 3 nitrogen and oxygen atoms in total. The number of para-hydroxylation sites is 2. The predicted octanol–water partition coefficient (Wildman–Crippen LogP) is 7.34. The van der Waals surface area contributed by atoms with E-state index in [9.17, 15) is 0 Å². The number of benzene rings is 3. The van der Waals surface area contributed by atoms with Gasteiger partial charge >= 0.3 is 0 Å². The van der Waals surface area contributed by atoms with Crippen molar-refractivity contribution in [1.29, 1.82) is 0 Å². The first-order valence-corrected chi connectivity index (χ1v) is 12.7. The van der Waals surface area contributed by atoms with Crippen molar-refractivity contribution in [3.05, 3.63) is 93.8 Å². The summed E-state index contributed by atoms with van der Waals surface area (Å²) in [6, 6.07) is 26.1. The Morgan fingerprint density at radius 2 is 1.53 bits per heavy atom. The van der Waals surface area contributed by atoms with Crippen molar-refractivity contribution in [2.75, 3.05) is 29.9 Å². The van der Waals surface area contributed by atoms with Crippen LogP contribution in [0.4, 0.5) is 16.5 Å². The highest BCUT2D eigenvalue weighted by molar-refractivity contribution is 9.10. The van der Waals surface area contributed by atoms with Gasteiger partial charge in [0.2, 0.25) is 0 Å². The topological polar surface area (TPSA) is 19.4 Å². The predicted molar refractivity (Wildman–Crippen MR) is 140 cm³/mol. The van der Waals surface area contributed by atoms with E-state index in [0.717, 1.165) is 53.2 Å². The summed E-state index contributed by atoms with van der Waals surface area (Å²) >= 11 is 5.22. The van der Waals surface area contributed by atoms with Crippen LogP contribution in [-0.2, 0) is 12.8 Å². The molecule has 162 valence electrons. The molecule has 1 aliphatic rings. The van der Waals surface area contributed by atoms with E-state index in [2.05, 4.69) is 111 Å². The highest BCUT2D eigenvalue weighted by Gasteiger charge is 2.20. The number of halogens is 1. The van der Waals surface area contributed by atoms with Gasteiger partial charge in [0.15, 0.2) is 5.13 Å². The van der Waals surface area contributed by atoms with Crippen LogP contribution >= 0.6 is 27.3 Å². The molecule has 1 aromatic heterocycles. The van der Waals surface area contributed by atoms with Gasteiger partial charge in [0.25, 0.3) is 0 Å². The second-order valence-electron chi connectivity index (χ2n) is 8.21. The lowest BCUT2D eigenvalue weighted by Gasteiger charge is -2.28. The quantitative estimate of drug-likeness (QED) is 0.274. The van der Waals surface area contributed by atoms with Gasteiger partial charge in [-0.15, -0.1) is 11.3 Å². The van der Waals surface area contributed by atoms with Gasteiger partial charge in [-0.1, -0.05) is 64.5 Å². The third kappa shape index (κ3) is 4.45. The van der Waals surface area contributed by atoms with E-state index >= 15 is 0 Å². The molecule has 0 atom stereocenters. The zero-order valence-electron chi connectivity index (χ0n) is 18.2. The van der Waals surface area contributed by atoms with Gasteiger partial charge in [0, 0.05) is 46.9 Å². The molecule has 3 aromatic carbocycles. The Bertz CT molecular complexity index is 1150. The highest BCUT2D eigenvalue weighted by Crippen LogP contribution is 2.36. The minimum atomic E-state index is 0.966. The van der Waals surface area contributed by atoms with Crippen LogP contribution in [0.25, 0.3) is 11.3 Å². The Balaban J connectivity index is 1.29. The molecular formula is C27H26BrN3S. The van der Waals surface area contributed by atoms with E-state index in [4.69, 9.17) is 4.98 Å². The fraction of sp³-hybridized carbons (Fsp3) is 0.222. The third-order valence-electron chi connectivity index (χ3n) is 6.06. The minimum Gasteiger partial charge on any atom is -0.351 e. The van der Waals surface area contributed by atoms with E-state index in [1.807, 2.05) is 0 Å². The molecule has 0 spiro atoms. The molecule has 0 unspecified atom stereocenters. The Morgan fingerprint density at radius 3 is 2.19 bits per heavy atom. The lowest BCUT2D eigenvalue weighted by Crippen LogP contribution is -2.25. The van der Waals surface area contributed by atoms with Crippen molar-refractivity contribution in [3.63, 3.8) is 0 Å². The third-order valence-corrected chi connectivity index (χ3v) is 7.55. The van der Waals surface area contributed by atoms with Crippen molar-refractivity contribution in [2.45, 2.75) is 19.3 Å². The summed E-state index contributed by atoms with van der Waals surface area (Å²) in [7, 11) is 2.15. The van der Waals surface area contributed by atoms with E-state index in [0.29, 0.717) is 0 Å². The molecule has 5 rings (SSSR count). The van der Waals surface area contributed by atoms with Crippen LogP contribution in [0.2, 0.25) is 0 Å². The molecule has 0 saturated carbocycles. The second kappa shape index (κ2) is 9.47. The minimum absolute atomic E-state index is 0.966. The van der Waals surface area contributed by atoms with Crippen molar-refractivity contribution in [2.24, 2.45) is 0 Å². The van der Waals surface area contributed by atoms with Gasteiger partial charge in [-0.2, -0.15) is 0 Å². The molecule has 0 bridgehead atoms. The van der Waals surface area contributed by atoms with E-state index in [1.165, 1.54) is 22.5 Å². The number of thiazole rings is 1. The molecule has 0 fully saturated rings. The van der Waals surface area contributed by atoms with Crippen molar-refractivity contribution in [1.82, 2.24) is 4.98 Å². The summed E-state index contributed by atoms with van der Waals surface area (Å²) in [6.07, 6.45) is 3.26. The molecule has 1 aliphatic heterocycles. The molecule has 0 radical (unpaired) electrons. The second-order valence-corrected chi connectivity index (χ2v) is 9.96. The number of hydrogen-bond donors (Lipinski definition) is 0. The normalized spacial score (nSPS) is 12.8. The van der Waals surface area contributed by atoms with Crippen LogP contribution in [0.5, 0.6) is 0 Å². The maximum Gasteiger partial charge on any atom is 0.185 e. The summed E-state index contributed by atoms with van der Waals surface area (Å²) in [6.45, 7) is 1.96. The number of anilines is 3. The van der Waals surface area contributed by atoms with Gasteiger partial charge in [-0.3, -0.25) is 0 Å². The molecular weight excluding hydrogens is 478 g/mol. The zero-order chi connectivity index (χ0) is 21.9. The lowest BCUT2D eigenvalue weighted by atomic mass is 10.0. The maximum absolute atomic E-state index is 4.88. The van der Waals surface area contributed by atoms with Crippen LogP contribution in [0.1, 0.15) is 17.5 Å². The van der Waals surface area contributed by atoms with Crippen LogP contribution < -0.4 is 9.80 Å². The molecule has 5 heteroatoms. The zero-order valence-corrected chi connectivity index (χ0v) is 20.6. The fourth-order valence-corrected chi connectivity index (χ4v) is 5.46. The first-order valence-electron chi connectivity index (χ1n) is 11.0. The Kier molecular flexibility index (Phi) is 6.28. The molecule has 32 heavy (non-hydrogen) atoms. The number of rotatable bonds is 6. The molecule has 0 N–H and O–H groups in total. The van der Waals surface area contributed by atoms with Crippen LogP contribution in [0.3, 0.4) is 0 Å². The summed E-state index contributed by atoms with van der Waals surface area (Å²) in [4.78, 5) is 9.67. The standard InChI is InChI=1S/C27H26BrN3S/c1-30(27-29-24(19-32-27)20-13-15-23(28)16-14-20)17-6-18-31-25-9-4-2-7-21(25)11-12-22-8-3-5-10-26(22)31/h2-5,7-10,13-16,19H,6,11-12,17-18H2,1H3. The van der Waals surface area contributed by atoms with Crippen molar-refractivity contribution >= 4 is 43.8 Å². The van der Waals surface area contributed by atoms with E-state index in [-0.39, 0.29) is 0 Å². The maximum atomic E-state index is 4.88. The van der Waals surface area contributed by atoms with Crippen LogP contribution in [-0.4, -0.2) is 25.1 Å². The molecule has 4 aromatic rings. The average molecular weight is 504 g/mol. The van der Waals surface area contributed by atoms with E-state index < -0.39 is 0 Å². The number of aryl methyl sites for hydroxylation is 2. The van der Waals surface area contributed by atoms with Gasteiger partial charge in [-0.05, 0) is 54.7 Å². The smallest absolute Gasteiger partial charge is 0.185 e. The molecule has 0 saturated heterocycles. The molecule has 0 amide bonds. The van der Waals surface area contributed by atoms with Gasteiger partial charge in [0.05, 0.1) is 5.69 Å². The summed E-state index contributed by atoms with van der Waals surface area (Å²) in [5.74, 6) is 0. The fourth-order valence-electron chi connectivity index (χ4n) is 4.37. The van der Waals surface area contributed by atoms with Crippen molar-refractivity contribution < 1.29 is 0 Å². The van der Waals surface area contributed by atoms with Crippen LogP contribution in [0, 0.1) is 0 Å². The van der Waals surface area contributed by atoms with E-state index in [1.54, 1.807) is 11.3 Å². The lowest BCUT2D eigenvalue weighted by molar-refractivity contribution is 0.776. The number of fused-ring (bicyclic) bond motifs is 2. The first-order chi connectivity index (χ1) is 15.7. The summed E-state index contributed by atoms with van der Waals surface area (Å²) < 4.78 is 1.09. The monoisotopic (exact) mass is 503 g/mol. The Morgan fingerprint density at radius 1 is 0.906 bits per heavy atom. The summed E-state index contributed by atoms with van der Waals surface area (Å²) in [5, 5.41) is 3.22. The van der Waals surface area contributed by atoms with Gasteiger partial charge < -0.3 is 9.80 Å². The number of aromatic nitrogens is 1. The summed E-state index contributed by atoms with van der Waals surface area (Å²) in [5.41, 5.74) is 7.78. The van der Waals surface area contributed by atoms with Gasteiger partial charge in [-0.25, -0.2) is 4.98 Å². The van der Waals surface area contributed by atoms with Crippen LogP contribution in [0.15, 0.2) is 82.6 Å². The largest absolute Gasteiger partial charge is 0.351 e. The number of nitrogens with zero attached hydrogens (tertiary/aromatic N) is 3. The Labute approximate surface area is 202 Å². The number of hydrogen-bond acceptors (Lipinski definition) is 4.